The molecule has 2 atom stereocenters. The van der Waals surface area contributed by atoms with Crippen LogP contribution in [0.3, 0.4) is 0 Å². The maximum absolute atomic E-state index is 12.1. The minimum absolute atomic E-state index is 0.173. The van der Waals surface area contributed by atoms with Crippen LogP contribution in [0.2, 0.25) is 0 Å². The Labute approximate surface area is 121 Å². The standard InChI is InChI=1S/C17H25NO2/c1-4-12(2)18-17(19)11-16(13-5-6-13)14-7-9-15(20-3)10-8-14/h7-10,12-13,16H,4-6,11H2,1-3H3,(H,18,19). The zero-order valence-corrected chi connectivity index (χ0v) is 12.7. The highest BCUT2D eigenvalue weighted by atomic mass is 16.5. The van der Waals surface area contributed by atoms with Crippen LogP contribution in [0.15, 0.2) is 24.3 Å². The average molecular weight is 275 g/mol. The Morgan fingerprint density at radius 2 is 2.00 bits per heavy atom. The Hall–Kier alpha value is -1.51. The van der Waals surface area contributed by atoms with Gasteiger partial charge in [0.05, 0.1) is 7.11 Å². The maximum atomic E-state index is 12.1. The zero-order valence-electron chi connectivity index (χ0n) is 12.7. The number of nitrogens with one attached hydrogen (secondary N) is 1. The molecule has 0 aliphatic heterocycles. The van der Waals surface area contributed by atoms with Crippen LogP contribution in [0.25, 0.3) is 0 Å². The molecule has 1 aromatic carbocycles. The molecule has 1 saturated carbocycles. The van der Waals surface area contributed by atoms with Gasteiger partial charge in [0.1, 0.15) is 5.75 Å². The summed E-state index contributed by atoms with van der Waals surface area (Å²) in [5, 5.41) is 3.07. The lowest BCUT2D eigenvalue weighted by Gasteiger charge is -2.18. The number of methoxy groups -OCH3 is 1. The van der Waals surface area contributed by atoms with E-state index in [9.17, 15) is 4.79 Å². The van der Waals surface area contributed by atoms with E-state index in [1.807, 2.05) is 12.1 Å². The normalized spacial score (nSPS) is 17.4. The second-order valence-corrected chi connectivity index (χ2v) is 5.80. The summed E-state index contributed by atoms with van der Waals surface area (Å²) in [7, 11) is 1.67. The Morgan fingerprint density at radius 1 is 1.35 bits per heavy atom. The highest BCUT2D eigenvalue weighted by molar-refractivity contribution is 5.77. The molecule has 2 rings (SSSR count). The molecule has 1 aliphatic rings. The summed E-state index contributed by atoms with van der Waals surface area (Å²) in [4.78, 5) is 12.1. The molecule has 0 bridgehead atoms. The number of rotatable bonds is 7. The quantitative estimate of drug-likeness (QED) is 0.827. The summed E-state index contributed by atoms with van der Waals surface area (Å²) in [5.74, 6) is 2.07. The van der Waals surface area contributed by atoms with Crippen molar-refractivity contribution in [1.29, 1.82) is 0 Å². The van der Waals surface area contributed by atoms with Crippen molar-refractivity contribution in [3.8, 4) is 5.75 Å². The lowest BCUT2D eigenvalue weighted by Crippen LogP contribution is -2.33. The van der Waals surface area contributed by atoms with Gasteiger partial charge in [0.25, 0.3) is 0 Å². The molecule has 110 valence electrons. The lowest BCUT2D eigenvalue weighted by molar-refractivity contribution is -0.122. The fourth-order valence-electron chi connectivity index (χ4n) is 2.54. The Morgan fingerprint density at radius 3 is 2.50 bits per heavy atom. The molecule has 3 heteroatoms. The number of benzene rings is 1. The van der Waals surface area contributed by atoms with E-state index in [2.05, 4.69) is 31.3 Å². The Bertz CT molecular complexity index is 437. The molecule has 2 unspecified atom stereocenters. The van der Waals surface area contributed by atoms with Gasteiger partial charge in [-0.05, 0) is 55.7 Å². The van der Waals surface area contributed by atoms with Crippen LogP contribution in [-0.2, 0) is 4.79 Å². The first kappa shape index (κ1) is 14.9. The van der Waals surface area contributed by atoms with E-state index in [0.29, 0.717) is 18.3 Å². The summed E-state index contributed by atoms with van der Waals surface area (Å²) in [6.07, 6.45) is 4.06. The van der Waals surface area contributed by atoms with Crippen molar-refractivity contribution in [2.45, 2.75) is 51.5 Å². The predicted molar refractivity (Wildman–Crippen MR) is 81.0 cm³/mol. The summed E-state index contributed by atoms with van der Waals surface area (Å²) < 4.78 is 5.19. The topological polar surface area (TPSA) is 38.3 Å². The smallest absolute Gasteiger partial charge is 0.220 e. The van der Waals surface area contributed by atoms with Crippen molar-refractivity contribution in [3.63, 3.8) is 0 Å². The van der Waals surface area contributed by atoms with Gasteiger partial charge in [0.2, 0.25) is 5.91 Å². The van der Waals surface area contributed by atoms with E-state index in [-0.39, 0.29) is 11.9 Å². The van der Waals surface area contributed by atoms with Crippen molar-refractivity contribution < 1.29 is 9.53 Å². The van der Waals surface area contributed by atoms with Crippen molar-refractivity contribution >= 4 is 5.91 Å². The second-order valence-electron chi connectivity index (χ2n) is 5.80. The first-order valence-electron chi connectivity index (χ1n) is 7.57. The molecule has 0 spiro atoms. The van der Waals surface area contributed by atoms with E-state index >= 15 is 0 Å². The SMILES string of the molecule is CCC(C)NC(=O)CC(c1ccc(OC)cc1)C1CC1. The van der Waals surface area contributed by atoms with Gasteiger partial charge in [-0.15, -0.1) is 0 Å². The third-order valence-electron chi connectivity index (χ3n) is 4.16. The van der Waals surface area contributed by atoms with Crippen LogP contribution in [0, 0.1) is 5.92 Å². The molecule has 20 heavy (non-hydrogen) atoms. The van der Waals surface area contributed by atoms with Gasteiger partial charge < -0.3 is 10.1 Å². The first-order valence-corrected chi connectivity index (χ1v) is 7.57. The monoisotopic (exact) mass is 275 g/mol. The van der Waals surface area contributed by atoms with Crippen LogP contribution in [-0.4, -0.2) is 19.1 Å². The third kappa shape index (κ3) is 3.99. The molecule has 1 amide bonds. The average Bonchev–Trinajstić information content (AvgIpc) is 3.29. The summed E-state index contributed by atoms with van der Waals surface area (Å²) in [6, 6.07) is 8.42. The van der Waals surface area contributed by atoms with E-state index in [1.54, 1.807) is 7.11 Å². The van der Waals surface area contributed by atoms with Crippen LogP contribution in [0.1, 0.15) is 51.0 Å². The lowest BCUT2D eigenvalue weighted by atomic mass is 9.90. The number of hydrogen-bond donors (Lipinski definition) is 1. The van der Waals surface area contributed by atoms with Gasteiger partial charge in [0, 0.05) is 12.5 Å². The predicted octanol–water partition coefficient (Wildman–Crippen LogP) is 3.49. The van der Waals surface area contributed by atoms with Crippen molar-refractivity contribution in [2.75, 3.05) is 7.11 Å². The Kier molecular flexibility index (Phi) is 5.05. The molecule has 1 fully saturated rings. The number of ether oxygens (including phenoxy) is 1. The largest absolute Gasteiger partial charge is 0.497 e. The van der Waals surface area contributed by atoms with Gasteiger partial charge >= 0.3 is 0 Å². The van der Waals surface area contributed by atoms with Gasteiger partial charge in [-0.1, -0.05) is 19.1 Å². The summed E-state index contributed by atoms with van der Waals surface area (Å²) >= 11 is 0. The summed E-state index contributed by atoms with van der Waals surface area (Å²) in [6.45, 7) is 4.14. The van der Waals surface area contributed by atoms with E-state index in [0.717, 1.165) is 12.2 Å². The molecular weight excluding hydrogens is 250 g/mol. The Balaban J connectivity index is 2.01. The van der Waals surface area contributed by atoms with Crippen molar-refractivity contribution in [2.24, 2.45) is 5.92 Å². The van der Waals surface area contributed by atoms with Crippen LogP contribution in [0.5, 0.6) is 5.75 Å². The van der Waals surface area contributed by atoms with Crippen molar-refractivity contribution in [1.82, 2.24) is 5.32 Å². The maximum Gasteiger partial charge on any atom is 0.220 e. The van der Waals surface area contributed by atoms with Crippen molar-refractivity contribution in [3.05, 3.63) is 29.8 Å². The molecular formula is C17H25NO2. The minimum atomic E-state index is 0.173. The molecule has 1 aromatic rings. The highest BCUT2D eigenvalue weighted by Gasteiger charge is 2.33. The first-order chi connectivity index (χ1) is 9.63. The highest BCUT2D eigenvalue weighted by Crippen LogP contribution is 2.44. The molecule has 0 heterocycles. The summed E-state index contributed by atoms with van der Waals surface area (Å²) in [5.41, 5.74) is 1.26. The molecule has 1 aliphatic carbocycles. The molecule has 0 aromatic heterocycles. The fourth-order valence-corrected chi connectivity index (χ4v) is 2.54. The minimum Gasteiger partial charge on any atom is -0.497 e. The van der Waals surface area contributed by atoms with Crippen LogP contribution >= 0.6 is 0 Å². The van der Waals surface area contributed by atoms with Crippen LogP contribution in [0.4, 0.5) is 0 Å². The number of hydrogen-bond acceptors (Lipinski definition) is 2. The second kappa shape index (κ2) is 6.78. The molecule has 0 radical (unpaired) electrons. The number of amides is 1. The van der Waals surface area contributed by atoms with E-state index in [4.69, 9.17) is 4.74 Å². The van der Waals surface area contributed by atoms with Crippen LogP contribution < -0.4 is 10.1 Å². The fraction of sp³-hybridized carbons (Fsp3) is 0.588. The third-order valence-corrected chi connectivity index (χ3v) is 4.16. The van der Waals surface area contributed by atoms with Gasteiger partial charge in [-0.2, -0.15) is 0 Å². The molecule has 1 N–H and O–H groups in total. The van der Waals surface area contributed by atoms with Gasteiger partial charge in [-0.25, -0.2) is 0 Å². The molecule has 0 saturated heterocycles. The van der Waals surface area contributed by atoms with Gasteiger partial charge in [-0.3, -0.25) is 4.79 Å². The van der Waals surface area contributed by atoms with E-state index < -0.39 is 0 Å². The van der Waals surface area contributed by atoms with E-state index in [1.165, 1.54) is 18.4 Å². The zero-order chi connectivity index (χ0) is 14.5. The molecule has 3 nitrogen and oxygen atoms in total. The number of carbonyl (C=O) groups is 1. The number of carbonyl (C=O) groups excluding carboxylic acids is 1. The van der Waals surface area contributed by atoms with Gasteiger partial charge in [0.15, 0.2) is 0 Å².